The third-order valence-corrected chi connectivity index (χ3v) is 4.08. The van der Waals surface area contributed by atoms with Crippen LogP contribution in [0.15, 0.2) is 24.3 Å². The molecule has 0 bridgehead atoms. The Kier molecular flexibility index (Phi) is 3.76. The standard InChI is InChI=1S/C14H14N4O3S/c1-7-17-18-14(22-7)16-12(19)9-4-2-3-8(5-9)10-6-11(10)21-13(15)20/h2-5,10-11H,6H2,1H3,(H2,15,20)(H,16,18,19). The molecule has 1 saturated carbocycles. The van der Waals surface area contributed by atoms with Crippen molar-refractivity contribution in [3.8, 4) is 0 Å². The van der Waals surface area contributed by atoms with Gasteiger partial charge >= 0.3 is 6.09 Å². The molecule has 1 aliphatic carbocycles. The number of hydrogen-bond donors (Lipinski definition) is 2. The van der Waals surface area contributed by atoms with Crippen LogP contribution in [0.4, 0.5) is 9.93 Å². The number of aromatic nitrogens is 2. The van der Waals surface area contributed by atoms with Crippen LogP contribution in [0.3, 0.4) is 0 Å². The molecule has 1 heterocycles. The topological polar surface area (TPSA) is 107 Å². The highest BCUT2D eigenvalue weighted by molar-refractivity contribution is 7.15. The second-order valence-electron chi connectivity index (χ2n) is 5.02. The van der Waals surface area contributed by atoms with Gasteiger partial charge in [0.2, 0.25) is 5.13 Å². The number of ether oxygens (including phenoxy) is 1. The van der Waals surface area contributed by atoms with Gasteiger partial charge in [-0.2, -0.15) is 0 Å². The van der Waals surface area contributed by atoms with E-state index in [1.54, 1.807) is 18.2 Å². The molecular weight excluding hydrogens is 304 g/mol. The molecule has 0 saturated heterocycles. The van der Waals surface area contributed by atoms with Crippen molar-refractivity contribution in [3.05, 3.63) is 40.4 Å². The van der Waals surface area contributed by atoms with Crippen molar-refractivity contribution >= 4 is 28.5 Å². The number of carbonyl (C=O) groups excluding carboxylic acids is 2. The van der Waals surface area contributed by atoms with Crippen molar-refractivity contribution in [3.63, 3.8) is 0 Å². The lowest BCUT2D eigenvalue weighted by Crippen LogP contribution is -2.15. The summed E-state index contributed by atoms with van der Waals surface area (Å²) in [4.78, 5) is 22.9. The van der Waals surface area contributed by atoms with Gasteiger partial charge in [0.25, 0.3) is 5.91 Å². The molecule has 3 N–H and O–H groups in total. The number of nitrogens with two attached hydrogens (primary N) is 1. The number of rotatable bonds is 4. The molecule has 1 fully saturated rings. The molecule has 3 rings (SSSR count). The number of aryl methyl sites for hydroxylation is 1. The Bertz CT molecular complexity index is 730. The summed E-state index contributed by atoms with van der Waals surface area (Å²) >= 11 is 1.32. The Balaban J connectivity index is 1.69. The fraction of sp³-hybridized carbons (Fsp3) is 0.286. The smallest absolute Gasteiger partial charge is 0.404 e. The van der Waals surface area contributed by atoms with E-state index in [0.29, 0.717) is 10.7 Å². The molecule has 7 nitrogen and oxygen atoms in total. The van der Waals surface area contributed by atoms with Crippen LogP contribution in [0, 0.1) is 6.92 Å². The predicted molar refractivity (Wildman–Crippen MR) is 80.9 cm³/mol. The second-order valence-corrected chi connectivity index (χ2v) is 6.20. The van der Waals surface area contributed by atoms with E-state index in [9.17, 15) is 9.59 Å². The van der Waals surface area contributed by atoms with Gasteiger partial charge < -0.3 is 10.5 Å². The van der Waals surface area contributed by atoms with Crippen LogP contribution < -0.4 is 11.1 Å². The normalized spacial score (nSPS) is 19.5. The molecule has 2 amide bonds. The number of hydrogen-bond acceptors (Lipinski definition) is 6. The highest BCUT2D eigenvalue weighted by Crippen LogP contribution is 2.43. The predicted octanol–water partition coefficient (Wildman–Crippen LogP) is 2.05. The number of nitrogens with zero attached hydrogens (tertiary/aromatic N) is 2. The second kappa shape index (κ2) is 5.72. The van der Waals surface area contributed by atoms with Crippen LogP contribution in [0.5, 0.6) is 0 Å². The zero-order chi connectivity index (χ0) is 15.7. The Morgan fingerprint density at radius 3 is 2.91 bits per heavy atom. The number of primary amides is 1. The Labute approximate surface area is 130 Å². The van der Waals surface area contributed by atoms with Gasteiger partial charge in [0.1, 0.15) is 11.1 Å². The fourth-order valence-electron chi connectivity index (χ4n) is 2.23. The largest absolute Gasteiger partial charge is 0.446 e. The van der Waals surface area contributed by atoms with Gasteiger partial charge in [-0.1, -0.05) is 23.5 Å². The first-order valence-electron chi connectivity index (χ1n) is 6.70. The number of nitrogens with one attached hydrogen (secondary N) is 1. The van der Waals surface area contributed by atoms with E-state index in [2.05, 4.69) is 15.5 Å². The first kappa shape index (κ1) is 14.5. The monoisotopic (exact) mass is 318 g/mol. The zero-order valence-corrected chi connectivity index (χ0v) is 12.6. The molecule has 1 aromatic heterocycles. The summed E-state index contributed by atoms with van der Waals surface area (Å²) in [5.74, 6) is -0.143. The van der Waals surface area contributed by atoms with Crippen LogP contribution in [-0.2, 0) is 4.74 Å². The number of amides is 2. The van der Waals surface area contributed by atoms with E-state index in [1.165, 1.54) is 11.3 Å². The summed E-state index contributed by atoms with van der Waals surface area (Å²) in [6.45, 7) is 1.82. The maximum absolute atomic E-state index is 12.2. The minimum atomic E-state index is -0.770. The van der Waals surface area contributed by atoms with Crippen LogP contribution >= 0.6 is 11.3 Å². The fourth-order valence-corrected chi connectivity index (χ4v) is 2.82. The van der Waals surface area contributed by atoms with Gasteiger partial charge in [0.05, 0.1) is 0 Å². The minimum Gasteiger partial charge on any atom is -0.446 e. The number of anilines is 1. The Hall–Kier alpha value is -2.48. The minimum absolute atomic E-state index is 0.101. The number of benzene rings is 1. The van der Waals surface area contributed by atoms with E-state index in [4.69, 9.17) is 10.5 Å². The SMILES string of the molecule is Cc1nnc(NC(=O)c2cccc(C3CC3OC(N)=O)c2)s1. The van der Waals surface area contributed by atoms with E-state index in [1.807, 2.05) is 13.0 Å². The molecule has 0 spiro atoms. The number of carbonyl (C=O) groups is 2. The molecule has 0 aliphatic heterocycles. The molecule has 1 aromatic carbocycles. The van der Waals surface area contributed by atoms with Crippen molar-refractivity contribution < 1.29 is 14.3 Å². The van der Waals surface area contributed by atoms with Crippen molar-refractivity contribution in [1.29, 1.82) is 0 Å². The summed E-state index contributed by atoms with van der Waals surface area (Å²) in [5.41, 5.74) is 6.48. The van der Waals surface area contributed by atoms with Crippen molar-refractivity contribution in [2.75, 3.05) is 5.32 Å². The molecule has 1 aliphatic rings. The molecular formula is C14H14N4O3S. The molecule has 0 radical (unpaired) electrons. The third kappa shape index (κ3) is 3.22. The van der Waals surface area contributed by atoms with Crippen LogP contribution in [0.1, 0.15) is 33.3 Å². The highest BCUT2D eigenvalue weighted by atomic mass is 32.1. The first-order valence-corrected chi connectivity index (χ1v) is 7.52. The quantitative estimate of drug-likeness (QED) is 0.897. The Morgan fingerprint density at radius 2 is 2.23 bits per heavy atom. The van der Waals surface area contributed by atoms with E-state index in [-0.39, 0.29) is 17.9 Å². The van der Waals surface area contributed by atoms with Gasteiger partial charge in [-0.25, -0.2) is 4.79 Å². The maximum atomic E-state index is 12.2. The van der Waals surface area contributed by atoms with E-state index >= 15 is 0 Å². The molecule has 22 heavy (non-hydrogen) atoms. The van der Waals surface area contributed by atoms with Gasteiger partial charge in [-0.15, -0.1) is 10.2 Å². The summed E-state index contributed by atoms with van der Waals surface area (Å²) in [7, 11) is 0. The van der Waals surface area contributed by atoms with Gasteiger partial charge in [-0.3, -0.25) is 10.1 Å². The molecule has 114 valence electrons. The summed E-state index contributed by atoms with van der Waals surface area (Å²) in [6.07, 6.45) is -0.237. The lowest BCUT2D eigenvalue weighted by molar-refractivity contribution is 0.102. The van der Waals surface area contributed by atoms with Crippen LogP contribution in [0.25, 0.3) is 0 Å². The van der Waals surface area contributed by atoms with Crippen molar-refractivity contribution in [1.82, 2.24) is 10.2 Å². The van der Waals surface area contributed by atoms with Crippen LogP contribution in [0.2, 0.25) is 0 Å². The summed E-state index contributed by atoms with van der Waals surface area (Å²) in [5, 5.41) is 11.7. The molecule has 8 heteroatoms. The van der Waals surface area contributed by atoms with Gasteiger partial charge in [0, 0.05) is 11.5 Å². The molecule has 2 unspecified atom stereocenters. The van der Waals surface area contributed by atoms with Gasteiger partial charge in [0.15, 0.2) is 0 Å². The first-order chi connectivity index (χ1) is 10.5. The summed E-state index contributed by atoms with van der Waals surface area (Å²) in [6, 6.07) is 7.22. The third-order valence-electron chi connectivity index (χ3n) is 3.32. The Morgan fingerprint density at radius 1 is 1.41 bits per heavy atom. The zero-order valence-electron chi connectivity index (χ0n) is 11.8. The average Bonchev–Trinajstić information content (AvgIpc) is 3.11. The van der Waals surface area contributed by atoms with E-state index < -0.39 is 6.09 Å². The van der Waals surface area contributed by atoms with E-state index in [0.717, 1.165) is 17.0 Å². The lowest BCUT2D eigenvalue weighted by atomic mass is 10.1. The van der Waals surface area contributed by atoms with Crippen molar-refractivity contribution in [2.24, 2.45) is 5.73 Å². The van der Waals surface area contributed by atoms with Crippen molar-refractivity contribution in [2.45, 2.75) is 25.4 Å². The average molecular weight is 318 g/mol. The van der Waals surface area contributed by atoms with Crippen LogP contribution in [-0.4, -0.2) is 28.3 Å². The summed E-state index contributed by atoms with van der Waals surface area (Å²) < 4.78 is 4.95. The van der Waals surface area contributed by atoms with Gasteiger partial charge in [-0.05, 0) is 31.0 Å². The molecule has 2 atom stereocenters. The maximum Gasteiger partial charge on any atom is 0.404 e. The highest BCUT2D eigenvalue weighted by Gasteiger charge is 2.41. The molecule has 2 aromatic rings. The lowest BCUT2D eigenvalue weighted by Gasteiger charge is -2.05.